The lowest BCUT2D eigenvalue weighted by Gasteiger charge is -2.14. The molecule has 0 unspecified atom stereocenters. The van der Waals surface area contributed by atoms with Crippen molar-refractivity contribution >= 4 is 33.8 Å². The molecule has 3 aromatic rings. The highest BCUT2D eigenvalue weighted by atomic mass is 35.5. The van der Waals surface area contributed by atoms with Crippen molar-refractivity contribution in [3.05, 3.63) is 56.8 Å². The van der Waals surface area contributed by atoms with Gasteiger partial charge in [-0.15, -0.1) is 11.3 Å². The molecule has 4 rings (SSSR count). The molecule has 0 atom stereocenters. The summed E-state index contributed by atoms with van der Waals surface area (Å²) in [6.45, 7) is 1.39. The summed E-state index contributed by atoms with van der Waals surface area (Å²) >= 11 is 7.62. The number of carbonyl (C=O) groups excluding carboxylic acids is 1. The van der Waals surface area contributed by atoms with Crippen LogP contribution in [0.1, 0.15) is 23.2 Å². The van der Waals surface area contributed by atoms with Gasteiger partial charge >= 0.3 is 0 Å². The highest BCUT2D eigenvalue weighted by Gasteiger charge is 2.24. The molecule has 122 valence electrons. The lowest BCUT2D eigenvalue weighted by molar-refractivity contribution is 0.0790. The summed E-state index contributed by atoms with van der Waals surface area (Å²) in [7, 11) is 0. The predicted octanol–water partition coefficient (Wildman–Crippen LogP) is 3.31. The van der Waals surface area contributed by atoms with Crippen molar-refractivity contribution in [1.82, 2.24) is 14.3 Å². The molecule has 1 amide bonds. The summed E-state index contributed by atoms with van der Waals surface area (Å²) < 4.78 is 1.48. The van der Waals surface area contributed by atoms with Crippen molar-refractivity contribution in [2.24, 2.45) is 0 Å². The molecule has 1 fully saturated rings. The van der Waals surface area contributed by atoms with Gasteiger partial charge in [0.05, 0.1) is 5.69 Å². The van der Waals surface area contributed by atoms with E-state index >= 15 is 0 Å². The lowest BCUT2D eigenvalue weighted by atomic mass is 10.2. The number of thiazole rings is 1. The Morgan fingerprint density at radius 1 is 1.21 bits per heavy atom. The minimum absolute atomic E-state index is 0.112. The van der Waals surface area contributed by atoms with Crippen LogP contribution < -0.4 is 5.56 Å². The highest BCUT2D eigenvalue weighted by molar-refractivity contribution is 7.15. The van der Waals surface area contributed by atoms with E-state index in [1.165, 1.54) is 21.9 Å². The summed E-state index contributed by atoms with van der Waals surface area (Å²) in [5.41, 5.74) is 1.18. The Morgan fingerprint density at radius 3 is 2.71 bits per heavy atom. The first-order valence-electron chi connectivity index (χ1n) is 7.70. The number of amides is 1. The third kappa shape index (κ3) is 2.42. The van der Waals surface area contributed by atoms with Crippen LogP contribution in [0.5, 0.6) is 0 Å². The zero-order valence-electron chi connectivity index (χ0n) is 12.7. The molecule has 1 aromatic carbocycles. The second kappa shape index (κ2) is 6.03. The van der Waals surface area contributed by atoms with Crippen molar-refractivity contribution in [3.8, 4) is 11.3 Å². The number of aromatic nitrogens is 2. The Labute approximate surface area is 147 Å². The van der Waals surface area contributed by atoms with Gasteiger partial charge in [-0.25, -0.2) is 4.98 Å². The number of carbonyl (C=O) groups is 1. The van der Waals surface area contributed by atoms with Crippen LogP contribution in [0.4, 0.5) is 0 Å². The number of fused-ring (bicyclic) bond motifs is 1. The first kappa shape index (κ1) is 15.4. The predicted molar refractivity (Wildman–Crippen MR) is 94.9 cm³/mol. The van der Waals surface area contributed by atoms with E-state index in [2.05, 4.69) is 4.98 Å². The van der Waals surface area contributed by atoms with Gasteiger partial charge in [0.1, 0.15) is 5.56 Å². The number of benzene rings is 1. The molecule has 2 aromatic heterocycles. The van der Waals surface area contributed by atoms with E-state index in [0.29, 0.717) is 28.8 Å². The first-order chi connectivity index (χ1) is 11.7. The molecule has 0 aliphatic carbocycles. The van der Waals surface area contributed by atoms with Gasteiger partial charge in [-0.3, -0.25) is 14.0 Å². The maximum Gasteiger partial charge on any atom is 0.271 e. The third-order valence-electron chi connectivity index (χ3n) is 4.22. The molecule has 0 saturated carbocycles. The topological polar surface area (TPSA) is 54.7 Å². The monoisotopic (exact) mass is 359 g/mol. The number of nitrogens with zero attached hydrogens (tertiary/aromatic N) is 3. The fraction of sp³-hybridized carbons (Fsp3) is 0.235. The SMILES string of the molecule is O=C(c1cnc2scc(-c3ccccc3Cl)n2c1=O)N1CCCC1. The number of likely N-dealkylation sites (tertiary alicyclic amines) is 1. The van der Waals surface area contributed by atoms with Crippen LogP contribution >= 0.6 is 22.9 Å². The molecule has 0 bridgehead atoms. The largest absolute Gasteiger partial charge is 0.338 e. The summed E-state index contributed by atoms with van der Waals surface area (Å²) in [5.74, 6) is -0.240. The van der Waals surface area contributed by atoms with Crippen molar-refractivity contribution in [2.75, 3.05) is 13.1 Å². The minimum Gasteiger partial charge on any atom is -0.338 e. The van der Waals surface area contributed by atoms with Crippen LogP contribution in [0.2, 0.25) is 5.02 Å². The average molecular weight is 360 g/mol. The Kier molecular flexibility index (Phi) is 3.86. The van der Waals surface area contributed by atoms with Gasteiger partial charge in [0.15, 0.2) is 4.96 Å². The zero-order valence-corrected chi connectivity index (χ0v) is 14.3. The van der Waals surface area contributed by atoms with Crippen LogP contribution in [-0.4, -0.2) is 33.3 Å². The molecule has 5 nitrogen and oxygen atoms in total. The van der Waals surface area contributed by atoms with Crippen molar-refractivity contribution < 1.29 is 4.79 Å². The van der Waals surface area contributed by atoms with E-state index < -0.39 is 0 Å². The molecular weight excluding hydrogens is 346 g/mol. The maximum absolute atomic E-state index is 12.9. The van der Waals surface area contributed by atoms with E-state index in [4.69, 9.17) is 11.6 Å². The smallest absolute Gasteiger partial charge is 0.271 e. The molecule has 7 heteroatoms. The number of rotatable bonds is 2. The van der Waals surface area contributed by atoms with E-state index in [1.807, 2.05) is 23.6 Å². The molecule has 24 heavy (non-hydrogen) atoms. The van der Waals surface area contributed by atoms with Crippen LogP contribution in [0.3, 0.4) is 0 Å². The van der Waals surface area contributed by atoms with E-state index in [0.717, 1.165) is 18.4 Å². The number of halogens is 1. The van der Waals surface area contributed by atoms with Gasteiger partial charge < -0.3 is 4.90 Å². The summed E-state index contributed by atoms with van der Waals surface area (Å²) in [5, 5.41) is 2.40. The summed E-state index contributed by atoms with van der Waals surface area (Å²) in [6.07, 6.45) is 3.35. The van der Waals surface area contributed by atoms with Gasteiger partial charge in [-0.1, -0.05) is 29.8 Å². The van der Waals surface area contributed by atoms with E-state index in [1.54, 1.807) is 11.0 Å². The molecule has 3 heterocycles. The van der Waals surface area contributed by atoms with E-state index in [-0.39, 0.29) is 17.0 Å². The molecule has 1 aliphatic rings. The van der Waals surface area contributed by atoms with Crippen molar-refractivity contribution in [3.63, 3.8) is 0 Å². The molecule has 0 spiro atoms. The van der Waals surface area contributed by atoms with Crippen LogP contribution in [0.15, 0.2) is 40.6 Å². The fourth-order valence-corrected chi connectivity index (χ4v) is 4.07. The zero-order chi connectivity index (χ0) is 16.7. The lowest BCUT2D eigenvalue weighted by Crippen LogP contribution is -2.33. The minimum atomic E-state index is -0.340. The molecule has 1 aliphatic heterocycles. The first-order valence-corrected chi connectivity index (χ1v) is 8.96. The molecule has 0 radical (unpaired) electrons. The van der Waals surface area contributed by atoms with Crippen LogP contribution in [-0.2, 0) is 0 Å². The molecule has 1 saturated heterocycles. The van der Waals surface area contributed by atoms with Gasteiger partial charge in [-0.2, -0.15) is 0 Å². The normalized spacial score (nSPS) is 14.5. The Morgan fingerprint density at radius 2 is 1.96 bits per heavy atom. The van der Waals surface area contributed by atoms with Crippen LogP contribution in [0.25, 0.3) is 16.2 Å². The van der Waals surface area contributed by atoms with Crippen molar-refractivity contribution in [1.29, 1.82) is 0 Å². The molecule has 0 N–H and O–H groups in total. The highest BCUT2D eigenvalue weighted by Crippen LogP contribution is 2.30. The number of hydrogen-bond donors (Lipinski definition) is 0. The summed E-state index contributed by atoms with van der Waals surface area (Å²) in [4.78, 5) is 32.1. The van der Waals surface area contributed by atoms with Crippen molar-refractivity contribution in [2.45, 2.75) is 12.8 Å². The Balaban J connectivity index is 1.89. The molecular formula is C17H14ClN3O2S. The Bertz CT molecular complexity index is 989. The Hall–Kier alpha value is -2.18. The second-order valence-corrected chi connectivity index (χ2v) is 6.94. The van der Waals surface area contributed by atoms with Crippen LogP contribution in [0, 0.1) is 0 Å². The maximum atomic E-state index is 12.9. The summed E-state index contributed by atoms with van der Waals surface area (Å²) in [6, 6.07) is 7.33. The number of hydrogen-bond acceptors (Lipinski definition) is 4. The van der Waals surface area contributed by atoms with Gasteiger partial charge in [0.25, 0.3) is 11.5 Å². The average Bonchev–Trinajstić information content (AvgIpc) is 3.25. The van der Waals surface area contributed by atoms with E-state index in [9.17, 15) is 9.59 Å². The quantitative estimate of drug-likeness (QED) is 0.705. The standard InChI is InChI=1S/C17H14ClN3O2S/c18-13-6-2-1-5-11(13)14-10-24-17-19-9-12(16(23)21(14)17)15(22)20-7-3-4-8-20/h1-2,5-6,9-10H,3-4,7-8H2. The third-order valence-corrected chi connectivity index (χ3v) is 5.39. The fourth-order valence-electron chi connectivity index (χ4n) is 2.99. The van der Waals surface area contributed by atoms with Gasteiger partial charge in [0, 0.05) is 35.3 Å². The van der Waals surface area contributed by atoms with Gasteiger partial charge in [-0.05, 0) is 18.9 Å². The second-order valence-electron chi connectivity index (χ2n) is 5.70. The van der Waals surface area contributed by atoms with Gasteiger partial charge in [0.2, 0.25) is 0 Å².